The maximum Gasteiger partial charge on any atom is 0.302 e. The minimum absolute atomic E-state index is 0.132. The Balaban J connectivity index is 0.000000561. The fourth-order valence-electron chi connectivity index (χ4n) is 1.42. The first kappa shape index (κ1) is 11.5. The predicted octanol–water partition coefficient (Wildman–Crippen LogP) is 2.91. The van der Waals surface area contributed by atoms with Gasteiger partial charge in [0.2, 0.25) is 0 Å². The molecule has 1 saturated carbocycles. The van der Waals surface area contributed by atoms with Gasteiger partial charge in [-0.05, 0) is 25.7 Å². The molecule has 0 aromatic heterocycles. The lowest BCUT2D eigenvalue weighted by Crippen LogP contribution is -2.18. The summed E-state index contributed by atoms with van der Waals surface area (Å²) >= 11 is 0. The Labute approximate surface area is 75.3 Å². The van der Waals surface area contributed by atoms with Crippen LogP contribution in [0.5, 0.6) is 0 Å². The molecule has 72 valence electrons. The number of carbonyl (C=O) groups is 1. The second-order valence-electron chi connectivity index (χ2n) is 2.87. The standard InChI is InChI=1S/C8H14O2.C2H6/c1-7(9)10-8-5-3-2-4-6-8;1-2/h8H,2-6H2,1H3;1-2H3. The molecule has 0 amide bonds. The van der Waals surface area contributed by atoms with E-state index in [0.29, 0.717) is 0 Å². The highest BCUT2D eigenvalue weighted by atomic mass is 16.5. The highest BCUT2D eigenvalue weighted by molar-refractivity contribution is 5.66. The van der Waals surface area contributed by atoms with Crippen molar-refractivity contribution >= 4 is 5.97 Å². The van der Waals surface area contributed by atoms with Gasteiger partial charge in [-0.25, -0.2) is 0 Å². The molecule has 0 aliphatic heterocycles. The third-order valence-electron chi connectivity index (χ3n) is 1.88. The van der Waals surface area contributed by atoms with Gasteiger partial charge in [0.25, 0.3) is 0 Å². The Kier molecular flexibility index (Phi) is 6.82. The van der Waals surface area contributed by atoms with Gasteiger partial charge in [-0.2, -0.15) is 0 Å². The van der Waals surface area contributed by atoms with E-state index in [0.717, 1.165) is 12.8 Å². The molecule has 0 bridgehead atoms. The lowest BCUT2D eigenvalue weighted by Gasteiger charge is -2.20. The zero-order chi connectivity index (χ0) is 9.40. The van der Waals surface area contributed by atoms with E-state index >= 15 is 0 Å². The van der Waals surface area contributed by atoms with Crippen LogP contribution in [0, 0.1) is 0 Å². The van der Waals surface area contributed by atoms with Crippen molar-refractivity contribution in [3.8, 4) is 0 Å². The molecule has 0 spiro atoms. The highest BCUT2D eigenvalue weighted by Gasteiger charge is 2.14. The minimum Gasteiger partial charge on any atom is -0.463 e. The zero-order valence-electron chi connectivity index (χ0n) is 8.43. The molecule has 2 nitrogen and oxygen atoms in total. The van der Waals surface area contributed by atoms with Gasteiger partial charge in [0.15, 0.2) is 0 Å². The van der Waals surface area contributed by atoms with E-state index < -0.39 is 0 Å². The van der Waals surface area contributed by atoms with Crippen LogP contribution in [0.25, 0.3) is 0 Å². The Bertz CT molecular complexity index is 115. The second kappa shape index (κ2) is 7.14. The van der Waals surface area contributed by atoms with Crippen LogP contribution in [0.4, 0.5) is 0 Å². The third kappa shape index (κ3) is 5.16. The van der Waals surface area contributed by atoms with E-state index in [1.807, 2.05) is 13.8 Å². The monoisotopic (exact) mass is 172 g/mol. The Hall–Kier alpha value is -0.530. The quantitative estimate of drug-likeness (QED) is 0.568. The van der Waals surface area contributed by atoms with Crippen molar-refractivity contribution < 1.29 is 9.53 Å². The highest BCUT2D eigenvalue weighted by Crippen LogP contribution is 2.19. The van der Waals surface area contributed by atoms with Crippen LogP contribution in [0.1, 0.15) is 52.9 Å². The van der Waals surface area contributed by atoms with Crippen molar-refractivity contribution in [3.63, 3.8) is 0 Å². The predicted molar refractivity (Wildman–Crippen MR) is 50.0 cm³/mol. The van der Waals surface area contributed by atoms with E-state index in [1.165, 1.54) is 26.2 Å². The summed E-state index contributed by atoms with van der Waals surface area (Å²) in [7, 11) is 0. The van der Waals surface area contributed by atoms with E-state index in [9.17, 15) is 4.79 Å². The van der Waals surface area contributed by atoms with E-state index in [4.69, 9.17) is 4.74 Å². The molecule has 0 saturated heterocycles. The molecule has 1 aliphatic rings. The summed E-state index contributed by atoms with van der Waals surface area (Å²) in [4.78, 5) is 10.5. The number of hydrogen-bond acceptors (Lipinski definition) is 2. The van der Waals surface area contributed by atoms with E-state index in [-0.39, 0.29) is 12.1 Å². The lowest BCUT2D eigenvalue weighted by atomic mass is 9.98. The summed E-state index contributed by atoms with van der Waals surface area (Å²) in [5.41, 5.74) is 0. The summed E-state index contributed by atoms with van der Waals surface area (Å²) < 4.78 is 5.05. The van der Waals surface area contributed by atoms with E-state index in [2.05, 4.69) is 0 Å². The van der Waals surface area contributed by atoms with Crippen molar-refractivity contribution in [2.75, 3.05) is 0 Å². The average Bonchev–Trinajstić information content (AvgIpc) is 2.08. The molecule has 1 aliphatic carbocycles. The number of ether oxygens (including phenoxy) is 1. The molecular weight excluding hydrogens is 152 g/mol. The molecule has 1 fully saturated rings. The summed E-state index contributed by atoms with van der Waals surface area (Å²) in [6.45, 7) is 5.48. The zero-order valence-corrected chi connectivity index (χ0v) is 8.43. The largest absolute Gasteiger partial charge is 0.463 e. The van der Waals surface area contributed by atoms with Gasteiger partial charge < -0.3 is 4.74 Å². The minimum atomic E-state index is -0.132. The molecule has 0 atom stereocenters. The molecule has 0 unspecified atom stereocenters. The SMILES string of the molecule is CC.CC(=O)OC1CCCCC1. The molecule has 0 N–H and O–H groups in total. The summed E-state index contributed by atoms with van der Waals surface area (Å²) in [6, 6.07) is 0. The first-order valence-electron chi connectivity index (χ1n) is 4.96. The van der Waals surface area contributed by atoms with Gasteiger partial charge in [0.05, 0.1) is 0 Å². The maximum atomic E-state index is 10.5. The van der Waals surface area contributed by atoms with Crippen LogP contribution in [0.3, 0.4) is 0 Å². The molecule has 0 radical (unpaired) electrons. The number of carbonyl (C=O) groups excluding carboxylic acids is 1. The Morgan fingerprint density at radius 3 is 2.08 bits per heavy atom. The first-order chi connectivity index (χ1) is 5.79. The fraction of sp³-hybridized carbons (Fsp3) is 0.900. The molecular formula is C10H20O2. The van der Waals surface area contributed by atoms with Crippen LogP contribution in [-0.2, 0) is 9.53 Å². The first-order valence-corrected chi connectivity index (χ1v) is 4.96. The van der Waals surface area contributed by atoms with Gasteiger partial charge in [0.1, 0.15) is 6.10 Å². The van der Waals surface area contributed by atoms with E-state index in [1.54, 1.807) is 0 Å². The van der Waals surface area contributed by atoms with Crippen molar-refractivity contribution in [3.05, 3.63) is 0 Å². The molecule has 0 heterocycles. The van der Waals surface area contributed by atoms with Crippen LogP contribution in [0.15, 0.2) is 0 Å². The normalized spacial score (nSPS) is 17.6. The van der Waals surface area contributed by atoms with Crippen LogP contribution >= 0.6 is 0 Å². The van der Waals surface area contributed by atoms with Crippen LogP contribution in [0.2, 0.25) is 0 Å². The van der Waals surface area contributed by atoms with Gasteiger partial charge >= 0.3 is 5.97 Å². The lowest BCUT2D eigenvalue weighted by molar-refractivity contribution is -0.147. The Morgan fingerprint density at radius 1 is 1.17 bits per heavy atom. The molecule has 1 rings (SSSR count). The van der Waals surface area contributed by atoms with Gasteiger partial charge in [-0.3, -0.25) is 4.79 Å². The van der Waals surface area contributed by atoms with Crippen LogP contribution < -0.4 is 0 Å². The van der Waals surface area contributed by atoms with Crippen LogP contribution in [-0.4, -0.2) is 12.1 Å². The van der Waals surface area contributed by atoms with Crippen molar-refractivity contribution in [2.24, 2.45) is 0 Å². The van der Waals surface area contributed by atoms with Crippen molar-refractivity contribution in [2.45, 2.75) is 59.0 Å². The van der Waals surface area contributed by atoms with Gasteiger partial charge in [-0.15, -0.1) is 0 Å². The molecule has 0 aromatic carbocycles. The van der Waals surface area contributed by atoms with Gasteiger partial charge in [0, 0.05) is 6.92 Å². The summed E-state index contributed by atoms with van der Waals surface area (Å²) in [5, 5.41) is 0. The second-order valence-corrected chi connectivity index (χ2v) is 2.87. The summed E-state index contributed by atoms with van der Waals surface area (Å²) in [6.07, 6.45) is 6.11. The topological polar surface area (TPSA) is 26.3 Å². The van der Waals surface area contributed by atoms with Gasteiger partial charge in [-0.1, -0.05) is 20.3 Å². The molecule has 2 heteroatoms. The maximum absolute atomic E-state index is 10.5. The number of esters is 1. The number of rotatable bonds is 1. The van der Waals surface area contributed by atoms with Crippen molar-refractivity contribution in [1.82, 2.24) is 0 Å². The summed E-state index contributed by atoms with van der Waals surface area (Å²) in [5.74, 6) is -0.132. The smallest absolute Gasteiger partial charge is 0.302 e. The molecule has 0 aromatic rings. The average molecular weight is 172 g/mol. The van der Waals surface area contributed by atoms with Crippen molar-refractivity contribution in [1.29, 1.82) is 0 Å². The fourth-order valence-corrected chi connectivity index (χ4v) is 1.42. The molecule has 12 heavy (non-hydrogen) atoms. The number of hydrogen-bond donors (Lipinski definition) is 0. The third-order valence-corrected chi connectivity index (χ3v) is 1.88. The Morgan fingerprint density at radius 2 is 1.67 bits per heavy atom.